The van der Waals surface area contributed by atoms with Gasteiger partial charge in [-0.05, 0) is 74.5 Å². The molecule has 0 saturated carbocycles. The summed E-state index contributed by atoms with van der Waals surface area (Å²) >= 11 is 0. The van der Waals surface area contributed by atoms with Crippen LogP contribution in [-0.2, 0) is 0 Å². The van der Waals surface area contributed by atoms with Crippen molar-refractivity contribution in [1.29, 1.82) is 0 Å². The van der Waals surface area contributed by atoms with Crippen molar-refractivity contribution in [3.05, 3.63) is 200 Å². The number of fused-ring (bicyclic) bond motifs is 5. The van der Waals surface area contributed by atoms with Crippen molar-refractivity contribution in [2.75, 3.05) is 0 Å². The zero-order chi connectivity index (χ0) is 37.7. The SMILES string of the molecule is c1ccc(-c2cc3ccc(-c4nc(-c5ccc6ccccc6c5)nc(-c5ccc6ccccc6c5)n4)cc3c3c2c(-c2ccccc2)nn3-c2ccccc2)cc1. The smallest absolute Gasteiger partial charge is 0.164 e. The molecule has 0 N–H and O–H groups in total. The maximum absolute atomic E-state index is 5.40. The highest BCUT2D eigenvalue weighted by Gasteiger charge is 2.22. The van der Waals surface area contributed by atoms with E-state index in [0.717, 1.165) is 77.2 Å². The van der Waals surface area contributed by atoms with E-state index in [2.05, 4.69) is 193 Å². The van der Waals surface area contributed by atoms with Crippen molar-refractivity contribution < 1.29 is 0 Å². The van der Waals surface area contributed by atoms with Crippen LogP contribution >= 0.6 is 0 Å². The minimum Gasteiger partial charge on any atom is -0.232 e. The molecule has 0 unspecified atom stereocenters. The lowest BCUT2D eigenvalue weighted by atomic mass is 9.93. The van der Waals surface area contributed by atoms with Gasteiger partial charge in [-0.2, -0.15) is 5.10 Å². The van der Waals surface area contributed by atoms with Crippen LogP contribution in [0, 0.1) is 0 Å². The standard InChI is InChI=1S/C52H33N5/c1-4-16-36(17-5-1)45-32-40-26-29-43(33-46(40)49-47(45)48(37-18-6-2-7-19-37)56-57(49)44-22-8-3-9-23-44)52-54-50(41-27-24-34-14-10-12-20-38(34)30-41)53-51(55-52)42-28-25-35-15-11-13-21-39(35)31-42/h1-33H. The van der Waals surface area contributed by atoms with Gasteiger partial charge in [0, 0.05) is 33.0 Å². The first-order valence-corrected chi connectivity index (χ1v) is 19.1. The molecule has 11 rings (SSSR count). The highest BCUT2D eigenvalue weighted by Crippen LogP contribution is 2.42. The minimum absolute atomic E-state index is 0.604. The second kappa shape index (κ2) is 13.5. The molecule has 11 aromatic rings. The molecule has 5 heteroatoms. The fourth-order valence-corrected chi connectivity index (χ4v) is 8.00. The van der Waals surface area contributed by atoms with E-state index in [1.165, 1.54) is 10.8 Å². The Morgan fingerprint density at radius 1 is 0.333 bits per heavy atom. The van der Waals surface area contributed by atoms with Gasteiger partial charge in [0.15, 0.2) is 17.5 Å². The normalized spacial score (nSPS) is 11.5. The summed E-state index contributed by atoms with van der Waals surface area (Å²) in [7, 11) is 0. The van der Waals surface area contributed by atoms with E-state index in [1.54, 1.807) is 0 Å². The van der Waals surface area contributed by atoms with Gasteiger partial charge in [0.2, 0.25) is 0 Å². The molecule has 0 aliphatic carbocycles. The molecular formula is C52H33N5. The second-order valence-electron chi connectivity index (χ2n) is 14.3. The van der Waals surface area contributed by atoms with Gasteiger partial charge in [-0.25, -0.2) is 19.6 Å². The minimum atomic E-state index is 0.604. The third-order valence-corrected chi connectivity index (χ3v) is 10.8. The predicted molar refractivity (Wildman–Crippen MR) is 234 cm³/mol. The van der Waals surface area contributed by atoms with Gasteiger partial charge in [-0.3, -0.25) is 0 Å². The van der Waals surface area contributed by atoms with E-state index >= 15 is 0 Å². The van der Waals surface area contributed by atoms with Gasteiger partial charge in [-0.1, -0.05) is 164 Å². The Bertz CT molecular complexity index is 3180. The molecule has 0 saturated heterocycles. The summed E-state index contributed by atoms with van der Waals surface area (Å²) in [4.78, 5) is 15.5. The maximum atomic E-state index is 5.40. The molecule has 2 heterocycles. The first kappa shape index (κ1) is 32.7. The van der Waals surface area contributed by atoms with E-state index in [4.69, 9.17) is 20.1 Å². The molecule has 0 amide bonds. The summed E-state index contributed by atoms with van der Waals surface area (Å²) in [6.45, 7) is 0. The summed E-state index contributed by atoms with van der Waals surface area (Å²) in [6.07, 6.45) is 0. The van der Waals surface area contributed by atoms with E-state index in [1.807, 2.05) is 12.1 Å². The van der Waals surface area contributed by atoms with Crippen molar-refractivity contribution in [3.63, 3.8) is 0 Å². The Balaban J connectivity index is 1.19. The molecule has 57 heavy (non-hydrogen) atoms. The Labute approximate surface area is 329 Å². The molecule has 0 fully saturated rings. The van der Waals surface area contributed by atoms with Crippen LogP contribution in [0.5, 0.6) is 0 Å². The van der Waals surface area contributed by atoms with E-state index in [9.17, 15) is 0 Å². The van der Waals surface area contributed by atoms with E-state index in [0.29, 0.717) is 17.5 Å². The summed E-state index contributed by atoms with van der Waals surface area (Å²) in [5.41, 5.74) is 9.02. The van der Waals surface area contributed by atoms with Crippen molar-refractivity contribution in [2.45, 2.75) is 0 Å². The fourth-order valence-electron chi connectivity index (χ4n) is 8.00. The van der Waals surface area contributed by atoms with Crippen LogP contribution in [0.25, 0.3) is 105 Å². The monoisotopic (exact) mass is 727 g/mol. The molecule has 9 aromatic carbocycles. The number of rotatable bonds is 6. The summed E-state index contributed by atoms with van der Waals surface area (Å²) < 4.78 is 2.10. The Hall–Kier alpha value is -7.76. The van der Waals surface area contributed by atoms with Crippen molar-refractivity contribution in [1.82, 2.24) is 24.7 Å². The third kappa shape index (κ3) is 5.81. The lowest BCUT2D eigenvalue weighted by Crippen LogP contribution is -2.01. The van der Waals surface area contributed by atoms with Crippen molar-refractivity contribution >= 4 is 43.2 Å². The van der Waals surface area contributed by atoms with Gasteiger partial charge in [0.25, 0.3) is 0 Å². The van der Waals surface area contributed by atoms with Gasteiger partial charge < -0.3 is 0 Å². The average Bonchev–Trinajstić information content (AvgIpc) is 3.70. The summed E-state index contributed by atoms with van der Waals surface area (Å²) in [6, 6.07) is 69.9. The highest BCUT2D eigenvalue weighted by molar-refractivity contribution is 6.17. The molecule has 0 spiro atoms. The summed E-state index contributed by atoms with van der Waals surface area (Å²) in [5.74, 6) is 1.85. The van der Waals surface area contributed by atoms with Crippen LogP contribution in [0.2, 0.25) is 0 Å². The Morgan fingerprint density at radius 2 is 0.789 bits per heavy atom. The van der Waals surface area contributed by atoms with Crippen molar-refractivity contribution in [2.24, 2.45) is 0 Å². The fraction of sp³-hybridized carbons (Fsp3) is 0. The predicted octanol–water partition coefficient (Wildman–Crippen LogP) is 13.0. The first-order valence-electron chi connectivity index (χ1n) is 19.1. The number of hydrogen-bond acceptors (Lipinski definition) is 4. The Kier molecular flexibility index (Phi) is 7.74. The van der Waals surface area contributed by atoms with Gasteiger partial charge in [-0.15, -0.1) is 0 Å². The third-order valence-electron chi connectivity index (χ3n) is 10.8. The quantitative estimate of drug-likeness (QED) is 0.171. The van der Waals surface area contributed by atoms with Crippen LogP contribution in [0.4, 0.5) is 0 Å². The van der Waals surface area contributed by atoms with Gasteiger partial charge in [0.05, 0.1) is 11.2 Å². The first-order chi connectivity index (χ1) is 28.2. The van der Waals surface area contributed by atoms with Crippen LogP contribution in [-0.4, -0.2) is 24.7 Å². The van der Waals surface area contributed by atoms with E-state index < -0.39 is 0 Å². The van der Waals surface area contributed by atoms with E-state index in [-0.39, 0.29) is 0 Å². The van der Waals surface area contributed by atoms with Crippen LogP contribution in [0.3, 0.4) is 0 Å². The van der Waals surface area contributed by atoms with Crippen LogP contribution < -0.4 is 0 Å². The highest BCUT2D eigenvalue weighted by atomic mass is 15.3. The number of nitrogens with zero attached hydrogens (tertiary/aromatic N) is 5. The number of benzene rings is 9. The molecular weight excluding hydrogens is 695 g/mol. The maximum Gasteiger partial charge on any atom is 0.164 e. The van der Waals surface area contributed by atoms with Crippen molar-refractivity contribution in [3.8, 4) is 62.2 Å². The molecule has 266 valence electrons. The average molecular weight is 728 g/mol. The number of hydrogen-bond donors (Lipinski definition) is 0. The molecule has 0 aliphatic rings. The molecule has 0 bridgehead atoms. The largest absolute Gasteiger partial charge is 0.232 e. The molecule has 0 aliphatic heterocycles. The van der Waals surface area contributed by atoms with Crippen LogP contribution in [0.15, 0.2) is 200 Å². The lowest BCUT2D eigenvalue weighted by molar-refractivity contribution is 0.918. The lowest BCUT2D eigenvalue weighted by Gasteiger charge is -2.13. The second-order valence-corrected chi connectivity index (χ2v) is 14.3. The zero-order valence-electron chi connectivity index (χ0n) is 30.8. The Morgan fingerprint density at radius 3 is 1.35 bits per heavy atom. The number of para-hydroxylation sites is 1. The molecule has 0 atom stereocenters. The topological polar surface area (TPSA) is 56.5 Å². The van der Waals surface area contributed by atoms with Gasteiger partial charge >= 0.3 is 0 Å². The number of aromatic nitrogens is 5. The zero-order valence-corrected chi connectivity index (χ0v) is 30.8. The van der Waals surface area contributed by atoms with Crippen LogP contribution in [0.1, 0.15) is 0 Å². The molecule has 5 nitrogen and oxygen atoms in total. The summed E-state index contributed by atoms with van der Waals surface area (Å²) in [5, 5.41) is 13.3. The molecule has 2 aromatic heterocycles. The van der Waals surface area contributed by atoms with Gasteiger partial charge in [0.1, 0.15) is 5.69 Å². The molecule has 0 radical (unpaired) electrons.